The minimum absolute atomic E-state index is 0.639. The first kappa shape index (κ1) is 13.2. The van der Waals surface area contributed by atoms with Crippen LogP contribution in [0.2, 0.25) is 0 Å². The van der Waals surface area contributed by atoms with Crippen LogP contribution >= 0.6 is 0 Å². The molecule has 0 aliphatic heterocycles. The number of nitrogens with zero attached hydrogens (tertiary/aromatic N) is 1. The number of hydrogen-bond donors (Lipinski definition) is 2. The van der Waals surface area contributed by atoms with E-state index in [1.165, 1.54) is 37.8 Å². The van der Waals surface area contributed by atoms with E-state index in [0.717, 1.165) is 13.0 Å². The first-order valence-corrected chi connectivity index (χ1v) is 6.53. The molecule has 0 saturated heterocycles. The zero-order valence-electron chi connectivity index (χ0n) is 10.6. The predicted octanol–water partition coefficient (Wildman–Crippen LogP) is 2.90. The highest BCUT2D eigenvalue weighted by Gasteiger charge is 2.01. The Morgan fingerprint density at radius 3 is 2.94 bits per heavy atom. The summed E-state index contributed by atoms with van der Waals surface area (Å²) in [4.78, 5) is 7.13. The summed E-state index contributed by atoms with van der Waals surface area (Å²) in [6.07, 6.45) is 11.4. The van der Waals surface area contributed by atoms with Crippen molar-refractivity contribution in [2.75, 3.05) is 6.54 Å². The second-order valence-electron chi connectivity index (χ2n) is 4.53. The summed E-state index contributed by atoms with van der Waals surface area (Å²) in [6, 6.07) is 0.639. The maximum atomic E-state index is 4.01. The number of imidazole rings is 1. The first-order chi connectivity index (χ1) is 7.83. The van der Waals surface area contributed by atoms with Gasteiger partial charge in [-0.15, -0.1) is 0 Å². The SMILES string of the molecule is CCCCCCC(C)NCCc1cnc[nH]1. The molecule has 0 aliphatic rings. The van der Waals surface area contributed by atoms with Crippen LogP contribution in [0.3, 0.4) is 0 Å². The maximum absolute atomic E-state index is 4.01. The van der Waals surface area contributed by atoms with Gasteiger partial charge in [-0.05, 0) is 13.3 Å². The third-order valence-electron chi connectivity index (χ3n) is 2.93. The van der Waals surface area contributed by atoms with E-state index in [1.807, 2.05) is 6.20 Å². The van der Waals surface area contributed by atoms with Gasteiger partial charge in [0.1, 0.15) is 0 Å². The second-order valence-corrected chi connectivity index (χ2v) is 4.53. The van der Waals surface area contributed by atoms with Crippen LogP contribution in [0, 0.1) is 0 Å². The Labute approximate surface area is 99.1 Å². The lowest BCUT2D eigenvalue weighted by atomic mass is 10.1. The monoisotopic (exact) mass is 223 g/mol. The van der Waals surface area contributed by atoms with Gasteiger partial charge in [0.25, 0.3) is 0 Å². The average Bonchev–Trinajstić information content (AvgIpc) is 2.77. The van der Waals surface area contributed by atoms with Crippen LogP contribution in [0.5, 0.6) is 0 Å². The van der Waals surface area contributed by atoms with Gasteiger partial charge in [-0.1, -0.05) is 32.6 Å². The molecule has 0 bridgehead atoms. The predicted molar refractivity (Wildman–Crippen MR) is 68.5 cm³/mol. The number of nitrogens with one attached hydrogen (secondary N) is 2. The van der Waals surface area contributed by atoms with Gasteiger partial charge in [-0.25, -0.2) is 4.98 Å². The fourth-order valence-corrected chi connectivity index (χ4v) is 1.85. The molecule has 92 valence electrons. The van der Waals surface area contributed by atoms with Gasteiger partial charge in [0.15, 0.2) is 0 Å². The number of unbranched alkanes of at least 4 members (excludes halogenated alkanes) is 3. The number of rotatable bonds is 9. The van der Waals surface area contributed by atoms with Gasteiger partial charge in [-0.3, -0.25) is 0 Å². The number of hydrogen-bond acceptors (Lipinski definition) is 2. The van der Waals surface area contributed by atoms with Crippen molar-refractivity contribution in [2.45, 2.75) is 58.4 Å². The van der Waals surface area contributed by atoms with Crippen molar-refractivity contribution < 1.29 is 0 Å². The Kier molecular flexibility index (Phi) is 6.90. The van der Waals surface area contributed by atoms with Gasteiger partial charge in [0.2, 0.25) is 0 Å². The van der Waals surface area contributed by atoms with E-state index < -0.39 is 0 Å². The third-order valence-corrected chi connectivity index (χ3v) is 2.93. The highest BCUT2D eigenvalue weighted by molar-refractivity contribution is 4.94. The minimum Gasteiger partial charge on any atom is -0.348 e. The van der Waals surface area contributed by atoms with Crippen LogP contribution in [-0.2, 0) is 6.42 Å². The number of aromatic nitrogens is 2. The van der Waals surface area contributed by atoms with Crippen LogP contribution < -0.4 is 5.32 Å². The Balaban J connectivity index is 1.95. The van der Waals surface area contributed by atoms with Crippen molar-refractivity contribution >= 4 is 0 Å². The van der Waals surface area contributed by atoms with Crippen molar-refractivity contribution in [2.24, 2.45) is 0 Å². The summed E-state index contributed by atoms with van der Waals surface area (Å²) in [5.74, 6) is 0. The van der Waals surface area contributed by atoms with E-state index in [1.54, 1.807) is 6.33 Å². The molecule has 2 N–H and O–H groups in total. The van der Waals surface area contributed by atoms with Gasteiger partial charge in [0.05, 0.1) is 6.33 Å². The second kappa shape index (κ2) is 8.34. The molecule has 0 saturated carbocycles. The molecule has 3 nitrogen and oxygen atoms in total. The summed E-state index contributed by atoms with van der Waals surface area (Å²) in [5, 5.41) is 3.55. The summed E-state index contributed by atoms with van der Waals surface area (Å²) < 4.78 is 0. The number of aromatic amines is 1. The maximum Gasteiger partial charge on any atom is 0.0921 e. The third kappa shape index (κ3) is 5.91. The van der Waals surface area contributed by atoms with E-state index in [4.69, 9.17) is 0 Å². The Bertz CT molecular complexity index is 244. The largest absolute Gasteiger partial charge is 0.348 e. The highest BCUT2D eigenvalue weighted by Crippen LogP contribution is 2.05. The Morgan fingerprint density at radius 2 is 2.25 bits per heavy atom. The first-order valence-electron chi connectivity index (χ1n) is 6.53. The molecule has 0 radical (unpaired) electrons. The topological polar surface area (TPSA) is 40.7 Å². The minimum atomic E-state index is 0.639. The Hall–Kier alpha value is -0.830. The highest BCUT2D eigenvalue weighted by atomic mass is 14.9. The van der Waals surface area contributed by atoms with Crippen molar-refractivity contribution in [3.05, 3.63) is 18.2 Å². The Morgan fingerprint density at radius 1 is 1.38 bits per heavy atom. The zero-order chi connectivity index (χ0) is 11.6. The van der Waals surface area contributed by atoms with E-state index in [0.29, 0.717) is 6.04 Å². The van der Waals surface area contributed by atoms with Crippen LogP contribution in [0.4, 0.5) is 0 Å². The van der Waals surface area contributed by atoms with Crippen LogP contribution in [-0.4, -0.2) is 22.6 Å². The molecular formula is C13H25N3. The summed E-state index contributed by atoms with van der Waals surface area (Å²) in [5.41, 5.74) is 1.21. The molecule has 0 amide bonds. The van der Waals surface area contributed by atoms with Crippen LogP contribution in [0.25, 0.3) is 0 Å². The van der Waals surface area contributed by atoms with Gasteiger partial charge >= 0.3 is 0 Å². The summed E-state index contributed by atoms with van der Waals surface area (Å²) >= 11 is 0. The van der Waals surface area contributed by atoms with Crippen LogP contribution in [0.15, 0.2) is 12.5 Å². The average molecular weight is 223 g/mol. The standard InChI is InChI=1S/C13H25N3/c1-3-4-5-6-7-12(2)15-9-8-13-10-14-11-16-13/h10-12,15H,3-9H2,1-2H3,(H,14,16). The lowest BCUT2D eigenvalue weighted by molar-refractivity contribution is 0.485. The molecule has 0 fully saturated rings. The molecule has 1 aromatic rings. The molecule has 1 atom stereocenters. The van der Waals surface area contributed by atoms with E-state index in [-0.39, 0.29) is 0 Å². The fourth-order valence-electron chi connectivity index (χ4n) is 1.85. The van der Waals surface area contributed by atoms with Gasteiger partial charge < -0.3 is 10.3 Å². The fraction of sp³-hybridized carbons (Fsp3) is 0.769. The molecule has 0 aliphatic carbocycles. The summed E-state index contributed by atoms with van der Waals surface area (Å²) in [7, 11) is 0. The molecule has 16 heavy (non-hydrogen) atoms. The molecule has 0 aromatic carbocycles. The quantitative estimate of drug-likeness (QED) is 0.632. The molecule has 1 aromatic heterocycles. The zero-order valence-corrected chi connectivity index (χ0v) is 10.6. The molecule has 1 heterocycles. The van der Waals surface area contributed by atoms with Crippen molar-refractivity contribution in [1.29, 1.82) is 0 Å². The summed E-state index contributed by atoms with van der Waals surface area (Å²) in [6.45, 7) is 5.57. The molecular weight excluding hydrogens is 198 g/mol. The lowest BCUT2D eigenvalue weighted by Gasteiger charge is -2.12. The number of H-pyrrole nitrogens is 1. The smallest absolute Gasteiger partial charge is 0.0921 e. The lowest BCUT2D eigenvalue weighted by Crippen LogP contribution is -2.28. The van der Waals surface area contributed by atoms with Crippen molar-refractivity contribution in [3.8, 4) is 0 Å². The van der Waals surface area contributed by atoms with Crippen LogP contribution in [0.1, 0.15) is 51.6 Å². The van der Waals surface area contributed by atoms with Gasteiger partial charge in [-0.2, -0.15) is 0 Å². The molecule has 1 rings (SSSR count). The van der Waals surface area contributed by atoms with Crippen molar-refractivity contribution in [1.82, 2.24) is 15.3 Å². The van der Waals surface area contributed by atoms with E-state index >= 15 is 0 Å². The molecule has 3 heteroatoms. The van der Waals surface area contributed by atoms with Crippen molar-refractivity contribution in [3.63, 3.8) is 0 Å². The van der Waals surface area contributed by atoms with E-state index in [2.05, 4.69) is 29.1 Å². The van der Waals surface area contributed by atoms with E-state index in [9.17, 15) is 0 Å². The molecule has 0 spiro atoms. The molecule has 1 unspecified atom stereocenters. The van der Waals surface area contributed by atoms with Gasteiger partial charge in [0, 0.05) is 30.9 Å². The normalized spacial score (nSPS) is 12.9.